The zero-order valence-electron chi connectivity index (χ0n) is 64.5. The average Bonchev–Trinajstić information content (AvgIpc) is 0.967. The highest BCUT2D eigenvalue weighted by atomic mass is 31.2. The summed E-state index contributed by atoms with van der Waals surface area (Å²) in [6, 6.07) is 0. The van der Waals surface area contributed by atoms with Gasteiger partial charge in [0.1, 0.15) is 19.3 Å². The van der Waals surface area contributed by atoms with Gasteiger partial charge in [-0.1, -0.05) is 381 Å². The van der Waals surface area contributed by atoms with Crippen molar-refractivity contribution in [1.29, 1.82) is 0 Å². The van der Waals surface area contributed by atoms with E-state index in [1.165, 1.54) is 263 Å². The van der Waals surface area contributed by atoms with Crippen LogP contribution in [-0.4, -0.2) is 96.7 Å². The van der Waals surface area contributed by atoms with E-state index in [0.29, 0.717) is 25.7 Å². The molecule has 0 rings (SSSR count). The molecule has 0 aromatic heterocycles. The van der Waals surface area contributed by atoms with Crippen molar-refractivity contribution in [2.45, 2.75) is 451 Å². The molecular weight excluding hydrogens is 1290 g/mol. The zero-order chi connectivity index (χ0) is 72.5. The lowest BCUT2D eigenvalue weighted by molar-refractivity contribution is -0.161. The highest BCUT2D eigenvalue weighted by molar-refractivity contribution is 7.47. The summed E-state index contributed by atoms with van der Waals surface area (Å²) in [5, 5.41) is 10.6. The molecule has 0 aromatic rings. The number of hydrogen-bond donors (Lipinski definition) is 3. The molecule has 0 amide bonds. The van der Waals surface area contributed by atoms with Crippen LogP contribution in [0.4, 0.5) is 0 Å². The van der Waals surface area contributed by atoms with E-state index in [9.17, 15) is 43.2 Å². The molecule has 3 N–H and O–H groups in total. The maximum atomic E-state index is 13.1. The van der Waals surface area contributed by atoms with Crippen molar-refractivity contribution in [2.24, 2.45) is 0 Å². The first-order valence-electron chi connectivity index (χ1n) is 41.8. The fraction of sp³-hybridized carbons (Fsp3) is 0.950. The molecule has 99 heavy (non-hydrogen) atoms. The summed E-state index contributed by atoms with van der Waals surface area (Å²) in [4.78, 5) is 72.9. The first-order chi connectivity index (χ1) is 48.2. The van der Waals surface area contributed by atoms with Crippen LogP contribution in [-0.2, 0) is 65.4 Å². The van der Waals surface area contributed by atoms with Crippen LogP contribution >= 0.6 is 15.6 Å². The Labute approximate surface area is 607 Å². The Morgan fingerprint density at radius 3 is 0.596 bits per heavy atom. The molecule has 0 spiro atoms. The minimum Gasteiger partial charge on any atom is -0.462 e. The number of phosphoric acid groups is 2. The number of ether oxygens (including phenoxy) is 4. The predicted octanol–water partition coefficient (Wildman–Crippen LogP) is 24.2. The molecule has 0 aromatic carbocycles. The second-order valence-corrected chi connectivity index (χ2v) is 31.7. The minimum absolute atomic E-state index is 0.108. The molecular formula is C80H156O17P2. The first kappa shape index (κ1) is 97.1. The Hall–Kier alpha value is -1.94. The SMILES string of the molecule is CCCCCCCCCCCCCCCCCCCCCCCCC(=O)O[C@H](COC(=O)CCCCCCCCCCCCCCCCCC)COP(=O)(O)OC[C@@H](O)COP(=O)(O)OC[C@@H](COC(=O)CCCCCCCCCCC)OC(=O)CCCCCCCCCCCCCC. The molecule has 0 aliphatic rings. The minimum atomic E-state index is -4.96. The van der Waals surface area contributed by atoms with Crippen LogP contribution in [0.15, 0.2) is 0 Å². The van der Waals surface area contributed by atoms with Crippen LogP contribution in [0.25, 0.3) is 0 Å². The molecule has 2 unspecified atom stereocenters. The third-order valence-corrected chi connectivity index (χ3v) is 20.8. The van der Waals surface area contributed by atoms with Crippen molar-refractivity contribution in [1.82, 2.24) is 0 Å². The lowest BCUT2D eigenvalue weighted by Crippen LogP contribution is -2.30. The van der Waals surface area contributed by atoms with Gasteiger partial charge in [-0.15, -0.1) is 0 Å². The number of rotatable bonds is 81. The van der Waals surface area contributed by atoms with E-state index in [1.807, 2.05) is 0 Å². The van der Waals surface area contributed by atoms with Crippen LogP contribution in [0.1, 0.15) is 432 Å². The monoisotopic (exact) mass is 1450 g/mol. The molecule has 5 atom stereocenters. The summed E-state index contributed by atoms with van der Waals surface area (Å²) in [7, 11) is -9.91. The third kappa shape index (κ3) is 74.1. The maximum Gasteiger partial charge on any atom is 0.472 e. The summed E-state index contributed by atoms with van der Waals surface area (Å²) >= 11 is 0. The second kappa shape index (κ2) is 74.3. The fourth-order valence-electron chi connectivity index (χ4n) is 12.5. The summed E-state index contributed by atoms with van der Waals surface area (Å²) in [5.74, 6) is -2.11. The Morgan fingerprint density at radius 1 is 0.242 bits per heavy atom. The number of aliphatic hydroxyl groups excluding tert-OH is 1. The van der Waals surface area contributed by atoms with Gasteiger partial charge in [0.05, 0.1) is 26.4 Å². The highest BCUT2D eigenvalue weighted by Crippen LogP contribution is 2.45. The van der Waals surface area contributed by atoms with Gasteiger partial charge in [0.25, 0.3) is 0 Å². The molecule has 0 radical (unpaired) electrons. The highest BCUT2D eigenvalue weighted by Gasteiger charge is 2.30. The summed E-state index contributed by atoms with van der Waals surface area (Å²) in [5.41, 5.74) is 0. The van der Waals surface area contributed by atoms with Gasteiger partial charge in [-0.25, -0.2) is 9.13 Å². The van der Waals surface area contributed by atoms with Gasteiger partial charge in [0.2, 0.25) is 0 Å². The maximum absolute atomic E-state index is 13.1. The Balaban J connectivity index is 5.18. The van der Waals surface area contributed by atoms with Gasteiger partial charge in [-0.3, -0.25) is 37.3 Å². The van der Waals surface area contributed by atoms with Gasteiger partial charge >= 0.3 is 39.5 Å². The molecule has 0 saturated heterocycles. The summed E-state index contributed by atoms with van der Waals surface area (Å²) in [6.07, 6.45) is 66.7. The van der Waals surface area contributed by atoms with Crippen molar-refractivity contribution < 1.29 is 80.2 Å². The van der Waals surface area contributed by atoms with Crippen LogP contribution in [0.2, 0.25) is 0 Å². The predicted molar refractivity (Wildman–Crippen MR) is 405 cm³/mol. The number of carbonyl (C=O) groups is 4. The van der Waals surface area contributed by atoms with Gasteiger partial charge in [0, 0.05) is 25.7 Å². The van der Waals surface area contributed by atoms with E-state index >= 15 is 0 Å². The quantitative estimate of drug-likeness (QED) is 0.0222. The third-order valence-electron chi connectivity index (χ3n) is 18.9. The van der Waals surface area contributed by atoms with E-state index < -0.39 is 97.5 Å². The van der Waals surface area contributed by atoms with Gasteiger partial charge in [-0.05, 0) is 25.7 Å². The number of hydrogen-bond acceptors (Lipinski definition) is 15. The molecule has 0 heterocycles. The molecule has 0 aliphatic heterocycles. The number of carbonyl (C=O) groups excluding carboxylic acids is 4. The lowest BCUT2D eigenvalue weighted by atomic mass is 10.0. The molecule has 0 bridgehead atoms. The largest absolute Gasteiger partial charge is 0.472 e. The number of phosphoric ester groups is 2. The van der Waals surface area contributed by atoms with Crippen molar-refractivity contribution >= 4 is 39.5 Å². The van der Waals surface area contributed by atoms with Crippen LogP contribution in [0.3, 0.4) is 0 Å². The fourth-order valence-corrected chi connectivity index (χ4v) is 14.0. The van der Waals surface area contributed by atoms with E-state index in [2.05, 4.69) is 27.7 Å². The van der Waals surface area contributed by atoms with Crippen LogP contribution < -0.4 is 0 Å². The molecule has 17 nitrogen and oxygen atoms in total. The van der Waals surface area contributed by atoms with Gasteiger partial charge in [0.15, 0.2) is 12.2 Å². The molecule has 0 fully saturated rings. The van der Waals surface area contributed by atoms with Crippen LogP contribution in [0.5, 0.6) is 0 Å². The van der Waals surface area contributed by atoms with Crippen molar-refractivity contribution in [2.75, 3.05) is 39.6 Å². The smallest absolute Gasteiger partial charge is 0.462 e. The summed E-state index contributed by atoms with van der Waals surface area (Å²) in [6.45, 7) is 5.00. The molecule has 0 aliphatic carbocycles. The van der Waals surface area contributed by atoms with E-state index in [0.717, 1.165) is 89.9 Å². The van der Waals surface area contributed by atoms with Gasteiger partial charge in [-0.2, -0.15) is 0 Å². The normalized spacial score (nSPS) is 13.8. The van der Waals surface area contributed by atoms with Crippen molar-refractivity contribution in [3.05, 3.63) is 0 Å². The second-order valence-electron chi connectivity index (χ2n) is 28.8. The Kier molecular flexibility index (Phi) is 72.9. The van der Waals surface area contributed by atoms with E-state index in [4.69, 9.17) is 37.0 Å². The van der Waals surface area contributed by atoms with Gasteiger partial charge < -0.3 is 33.8 Å². The van der Waals surface area contributed by atoms with E-state index in [1.54, 1.807) is 0 Å². The standard InChI is InChI=1S/C80H156O17P2/c1-5-9-13-17-21-25-28-31-33-35-36-37-38-39-40-42-44-47-51-55-59-63-67-80(85)97-76(71-91-78(83)65-61-57-53-49-46-43-41-34-32-29-26-22-18-14-10-6-2)73-95-99(88,89)93-69-74(81)68-92-98(86,87)94-72-75(70-90-77(82)64-60-56-52-48-24-20-16-12-8-4)96-79(84)66-62-58-54-50-45-30-27-23-19-15-11-7-3/h74-76,81H,5-73H2,1-4H3,(H,86,87)(H,88,89)/t74-,75+,76+/m0/s1. The number of aliphatic hydroxyl groups is 1. The van der Waals surface area contributed by atoms with E-state index in [-0.39, 0.29) is 25.7 Å². The summed E-state index contributed by atoms with van der Waals surface area (Å²) < 4.78 is 68.6. The Morgan fingerprint density at radius 2 is 0.404 bits per heavy atom. The number of unbranched alkanes of at least 4 members (excludes halogenated alkanes) is 55. The molecule has 19 heteroatoms. The first-order valence-corrected chi connectivity index (χ1v) is 44.8. The molecule has 588 valence electrons. The van der Waals surface area contributed by atoms with Crippen molar-refractivity contribution in [3.63, 3.8) is 0 Å². The topological polar surface area (TPSA) is 237 Å². The van der Waals surface area contributed by atoms with Crippen molar-refractivity contribution in [3.8, 4) is 0 Å². The number of esters is 4. The lowest BCUT2D eigenvalue weighted by Gasteiger charge is -2.21. The van der Waals surface area contributed by atoms with Crippen LogP contribution in [0, 0.1) is 0 Å². The molecule has 0 saturated carbocycles. The zero-order valence-corrected chi connectivity index (χ0v) is 66.3. The average molecular weight is 1450 g/mol. The Bertz CT molecular complexity index is 1880.